The number of rotatable bonds is 6. The summed E-state index contributed by atoms with van der Waals surface area (Å²) in [6.45, 7) is 7.13. The van der Waals surface area contributed by atoms with Crippen LogP contribution in [0.2, 0.25) is 0 Å². The molecule has 0 saturated carbocycles. The van der Waals surface area contributed by atoms with Gasteiger partial charge in [-0.25, -0.2) is 8.42 Å². The second kappa shape index (κ2) is 6.56. The number of hydrogen-bond donors (Lipinski definition) is 1. The molecule has 1 heterocycles. The molecule has 2 amide bonds. The second-order valence-corrected chi connectivity index (χ2v) is 7.80. The first-order valence-electron chi connectivity index (χ1n) is 7.04. The summed E-state index contributed by atoms with van der Waals surface area (Å²) in [5.74, 6) is -0.454. The van der Waals surface area contributed by atoms with Crippen molar-refractivity contribution in [3.8, 4) is 0 Å². The molecular weight excluding hydrogens is 280 g/mol. The molecule has 1 rings (SSSR count). The van der Waals surface area contributed by atoms with Gasteiger partial charge in [0, 0.05) is 12.3 Å². The molecule has 3 unspecified atom stereocenters. The Kier molecular flexibility index (Phi) is 5.56. The van der Waals surface area contributed by atoms with E-state index in [1.807, 2.05) is 13.8 Å². The fourth-order valence-corrected chi connectivity index (χ4v) is 3.07. The molecule has 0 bridgehead atoms. The summed E-state index contributed by atoms with van der Waals surface area (Å²) < 4.78 is 23.2. The van der Waals surface area contributed by atoms with Crippen LogP contribution in [0.4, 0.5) is 0 Å². The number of nitrogens with zero attached hydrogens (tertiary/aromatic N) is 1. The van der Waals surface area contributed by atoms with Crippen molar-refractivity contribution in [1.82, 2.24) is 10.2 Å². The van der Waals surface area contributed by atoms with Crippen LogP contribution < -0.4 is 5.32 Å². The predicted molar refractivity (Wildman–Crippen MR) is 76.9 cm³/mol. The maximum absolute atomic E-state index is 12.2. The third-order valence-corrected chi connectivity index (χ3v) is 5.57. The molecule has 6 nitrogen and oxygen atoms in total. The van der Waals surface area contributed by atoms with Crippen molar-refractivity contribution in [2.45, 2.75) is 46.2 Å². The van der Waals surface area contributed by atoms with Gasteiger partial charge in [-0.05, 0) is 12.8 Å². The quantitative estimate of drug-likeness (QED) is 0.759. The van der Waals surface area contributed by atoms with E-state index in [1.54, 1.807) is 13.8 Å². The minimum Gasteiger partial charge on any atom is -0.343 e. The van der Waals surface area contributed by atoms with Gasteiger partial charge in [0.2, 0.25) is 11.8 Å². The summed E-state index contributed by atoms with van der Waals surface area (Å²) in [5.41, 5.74) is 0. The molecule has 116 valence electrons. The SMILES string of the molecule is CCC(C)C1C(=O)NC(C)C(=O)N1CCS(=O)(=O)CC. The van der Waals surface area contributed by atoms with Crippen LogP contribution in [-0.2, 0) is 19.4 Å². The molecule has 7 heteroatoms. The molecule has 1 aliphatic heterocycles. The lowest BCUT2D eigenvalue weighted by atomic mass is 9.94. The van der Waals surface area contributed by atoms with Gasteiger partial charge in [0.05, 0.1) is 5.75 Å². The van der Waals surface area contributed by atoms with Gasteiger partial charge >= 0.3 is 0 Å². The number of sulfone groups is 1. The Balaban J connectivity index is 2.94. The standard InChI is InChI=1S/C13H24N2O4S/c1-5-9(3)11-12(16)14-10(4)13(17)15(11)7-8-20(18,19)6-2/h9-11H,5-8H2,1-4H3,(H,14,16). The summed E-state index contributed by atoms with van der Waals surface area (Å²) >= 11 is 0. The summed E-state index contributed by atoms with van der Waals surface area (Å²) in [6.07, 6.45) is 0.747. The van der Waals surface area contributed by atoms with Gasteiger partial charge in [0.15, 0.2) is 9.84 Å². The molecule has 1 saturated heterocycles. The van der Waals surface area contributed by atoms with E-state index >= 15 is 0 Å². The van der Waals surface area contributed by atoms with E-state index in [-0.39, 0.29) is 35.8 Å². The number of carbonyl (C=O) groups is 2. The van der Waals surface area contributed by atoms with Crippen LogP contribution in [0, 0.1) is 5.92 Å². The lowest BCUT2D eigenvalue weighted by Gasteiger charge is -2.40. The minimum atomic E-state index is -3.16. The molecular formula is C13H24N2O4S. The monoisotopic (exact) mass is 304 g/mol. The molecule has 0 radical (unpaired) electrons. The van der Waals surface area contributed by atoms with Crippen molar-refractivity contribution >= 4 is 21.7 Å². The highest BCUT2D eigenvalue weighted by Crippen LogP contribution is 2.20. The zero-order chi connectivity index (χ0) is 15.5. The Labute approximate surface area is 120 Å². The van der Waals surface area contributed by atoms with Crippen LogP contribution in [0.1, 0.15) is 34.1 Å². The molecule has 20 heavy (non-hydrogen) atoms. The smallest absolute Gasteiger partial charge is 0.245 e. The van der Waals surface area contributed by atoms with Crippen molar-refractivity contribution in [3.63, 3.8) is 0 Å². The Morgan fingerprint density at radius 3 is 2.40 bits per heavy atom. The van der Waals surface area contributed by atoms with Crippen LogP contribution in [0.5, 0.6) is 0 Å². The fourth-order valence-electron chi connectivity index (χ4n) is 2.31. The van der Waals surface area contributed by atoms with Gasteiger partial charge in [-0.15, -0.1) is 0 Å². The van der Waals surface area contributed by atoms with E-state index in [0.717, 1.165) is 6.42 Å². The molecule has 3 atom stereocenters. The van der Waals surface area contributed by atoms with Crippen molar-refractivity contribution in [3.05, 3.63) is 0 Å². The fraction of sp³-hybridized carbons (Fsp3) is 0.846. The highest BCUT2D eigenvalue weighted by molar-refractivity contribution is 7.91. The van der Waals surface area contributed by atoms with Crippen molar-refractivity contribution in [1.29, 1.82) is 0 Å². The number of nitrogens with one attached hydrogen (secondary N) is 1. The molecule has 0 spiro atoms. The normalized spacial score (nSPS) is 25.5. The highest BCUT2D eigenvalue weighted by atomic mass is 32.2. The Bertz CT molecular complexity index is 475. The number of hydrogen-bond acceptors (Lipinski definition) is 4. The molecule has 0 aromatic rings. The van der Waals surface area contributed by atoms with Crippen LogP contribution in [-0.4, -0.2) is 55.3 Å². The average Bonchev–Trinajstić information content (AvgIpc) is 2.40. The third kappa shape index (κ3) is 3.71. The summed E-state index contributed by atoms with van der Waals surface area (Å²) in [6, 6.07) is -1.16. The second-order valence-electron chi connectivity index (χ2n) is 5.33. The molecule has 0 aliphatic carbocycles. The average molecular weight is 304 g/mol. The van der Waals surface area contributed by atoms with E-state index in [4.69, 9.17) is 0 Å². The van der Waals surface area contributed by atoms with Crippen LogP contribution >= 0.6 is 0 Å². The van der Waals surface area contributed by atoms with Gasteiger partial charge in [0.1, 0.15) is 12.1 Å². The largest absolute Gasteiger partial charge is 0.343 e. The molecule has 1 fully saturated rings. The number of amides is 2. The zero-order valence-electron chi connectivity index (χ0n) is 12.5. The molecule has 0 aromatic heterocycles. The summed E-state index contributed by atoms with van der Waals surface area (Å²) in [5, 5.41) is 2.66. The highest BCUT2D eigenvalue weighted by Gasteiger charge is 2.40. The Morgan fingerprint density at radius 1 is 1.30 bits per heavy atom. The number of piperazine rings is 1. The Morgan fingerprint density at radius 2 is 1.90 bits per heavy atom. The summed E-state index contributed by atoms with van der Waals surface area (Å²) in [4.78, 5) is 25.8. The van der Waals surface area contributed by atoms with Crippen LogP contribution in [0.25, 0.3) is 0 Å². The zero-order valence-corrected chi connectivity index (χ0v) is 13.4. The molecule has 1 aliphatic rings. The van der Waals surface area contributed by atoms with Gasteiger partial charge < -0.3 is 10.2 Å². The number of carbonyl (C=O) groups excluding carboxylic acids is 2. The minimum absolute atomic E-state index is 0.00391. The van der Waals surface area contributed by atoms with Crippen molar-refractivity contribution in [2.24, 2.45) is 5.92 Å². The first-order valence-corrected chi connectivity index (χ1v) is 8.86. The van der Waals surface area contributed by atoms with Gasteiger partial charge in [-0.2, -0.15) is 0 Å². The van der Waals surface area contributed by atoms with Crippen LogP contribution in [0.3, 0.4) is 0 Å². The van der Waals surface area contributed by atoms with Gasteiger partial charge in [0.25, 0.3) is 0 Å². The first-order chi connectivity index (χ1) is 9.23. The van der Waals surface area contributed by atoms with Crippen molar-refractivity contribution < 1.29 is 18.0 Å². The van der Waals surface area contributed by atoms with Gasteiger partial charge in [-0.1, -0.05) is 27.2 Å². The van der Waals surface area contributed by atoms with E-state index in [1.165, 1.54) is 4.90 Å². The van der Waals surface area contributed by atoms with E-state index in [2.05, 4.69) is 5.32 Å². The van der Waals surface area contributed by atoms with Crippen molar-refractivity contribution in [2.75, 3.05) is 18.1 Å². The lowest BCUT2D eigenvalue weighted by Crippen LogP contribution is -2.64. The Hall–Kier alpha value is -1.11. The maximum atomic E-state index is 12.2. The lowest BCUT2D eigenvalue weighted by molar-refractivity contribution is -0.150. The van der Waals surface area contributed by atoms with E-state index < -0.39 is 21.9 Å². The topological polar surface area (TPSA) is 83.6 Å². The maximum Gasteiger partial charge on any atom is 0.245 e. The molecule has 0 aromatic carbocycles. The summed E-state index contributed by atoms with van der Waals surface area (Å²) in [7, 11) is -3.16. The third-order valence-electron chi connectivity index (χ3n) is 3.88. The van der Waals surface area contributed by atoms with Crippen LogP contribution in [0.15, 0.2) is 0 Å². The predicted octanol–water partition coefficient (Wildman–Crippen LogP) is 0.183. The molecule has 1 N–H and O–H groups in total. The van der Waals surface area contributed by atoms with E-state index in [9.17, 15) is 18.0 Å². The first kappa shape index (κ1) is 16.9. The van der Waals surface area contributed by atoms with E-state index in [0.29, 0.717) is 0 Å². The van der Waals surface area contributed by atoms with Gasteiger partial charge in [-0.3, -0.25) is 9.59 Å².